The summed E-state index contributed by atoms with van der Waals surface area (Å²) in [5.74, 6) is 1.08. The molecule has 6 heteroatoms. The molecular weight excluding hydrogens is 316 g/mol. The van der Waals surface area contributed by atoms with Gasteiger partial charge in [0.05, 0.1) is 18.8 Å². The molecule has 4 rings (SSSR count). The lowest BCUT2D eigenvalue weighted by Crippen LogP contribution is -2.47. The number of rotatable bonds is 3. The van der Waals surface area contributed by atoms with Crippen molar-refractivity contribution in [1.29, 1.82) is 0 Å². The predicted molar refractivity (Wildman–Crippen MR) is 97.0 cm³/mol. The first-order valence-corrected chi connectivity index (χ1v) is 9.54. The van der Waals surface area contributed by atoms with Gasteiger partial charge in [-0.05, 0) is 51.4 Å². The molecule has 0 radical (unpaired) electrons. The van der Waals surface area contributed by atoms with Gasteiger partial charge in [0.1, 0.15) is 5.82 Å². The normalized spacial score (nSPS) is 27.9. The topological polar surface area (TPSA) is 48.9 Å². The van der Waals surface area contributed by atoms with E-state index in [1.165, 1.54) is 12.8 Å². The maximum absolute atomic E-state index is 13.0. The largest absolute Gasteiger partial charge is 0.378 e. The Morgan fingerprint density at radius 1 is 1.08 bits per heavy atom. The summed E-state index contributed by atoms with van der Waals surface area (Å²) in [7, 11) is 2.19. The van der Waals surface area contributed by atoms with E-state index in [2.05, 4.69) is 26.7 Å². The quantitative estimate of drug-likeness (QED) is 0.834. The van der Waals surface area contributed by atoms with Crippen LogP contribution < -0.4 is 4.90 Å². The van der Waals surface area contributed by atoms with Gasteiger partial charge in [0.2, 0.25) is 0 Å². The van der Waals surface area contributed by atoms with Gasteiger partial charge >= 0.3 is 0 Å². The molecule has 3 saturated heterocycles. The van der Waals surface area contributed by atoms with Gasteiger partial charge < -0.3 is 19.4 Å². The van der Waals surface area contributed by atoms with Gasteiger partial charge in [-0.3, -0.25) is 4.79 Å². The van der Waals surface area contributed by atoms with Crippen LogP contribution in [0.25, 0.3) is 0 Å². The van der Waals surface area contributed by atoms with Crippen molar-refractivity contribution in [2.75, 3.05) is 51.3 Å². The highest BCUT2D eigenvalue weighted by atomic mass is 16.5. The van der Waals surface area contributed by atoms with Crippen LogP contribution in [0.2, 0.25) is 0 Å². The second-order valence-corrected chi connectivity index (χ2v) is 7.40. The second-order valence-electron chi connectivity index (χ2n) is 7.40. The van der Waals surface area contributed by atoms with Gasteiger partial charge in [-0.25, -0.2) is 4.98 Å². The zero-order valence-electron chi connectivity index (χ0n) is 15.1. The van der Waals surface area contributed by atoms with Gasteiger partial charge in [-0.15, -0.1) is 0 Å². The van der Waals surface area contributed by atoms with Crippen molar-refractivity contribution >= 4 is 11.7 Å². The first kappa shape index (κ1) is 16.8. The SMILES string of the molecule is CN1CCCC1C1CCCN1C(=O)c1ccc(N2CCOCC2)nc1. The summed E-state index contributed by atoms with van der Waals surface area (Å²) < 4.78 is 5.39. The third kappa shape index (κ3) is 3.37. The molecule has 1 aromatic heterocycles. The van der Waals surface area contributed by atoms with E-state index in [-0.39, 0.29) is 5.91 Å². The average Bonchev–Trinajstić information content (AvgIpc) is 3.30. The maximum atomic E-state index is 13.0. The summed E-state index contributed by atoms with van der Waals surface area (Å²) in [6.45, 7) is 5.24. The molecule has 6 nitrogen and oxygen atoms in total. The molecule has 0 aromatic carbocycles. The van der Waals surface area contributed by atoms with E-state index in [4.69, 9.17) is 4.74 Å². The van der Waals surface area contributed by atoms with Crippen LogP contribution >= 0.6 is 0 Å². The number of amides is 1. The lowest BCUT2D eigenvalue weighted by molar-refractivity contribution is 0.0664. The van der Waals surface area contributed by atoms with Gasteiger partial charge in [-0.1, -0.05) is 0 Å². The zero-order chi connectivity index (χ0) is 17.2. The number of carbonyl (C=O) groups excluding carboxylic acids is 1. The number of ether oxygens (including phenoxy) is 1. The van der Waals surface area contributed by atoms with Crippen molar-refractivity contribution in [3.63, 3.8) is 0 Å². The number of nitrogens with zero attached hydrogens (tertiary/aromatic N) is 4. The standard InChI is InChI=1S/C19H28N4O2/c1-21-8-2-4-16(21)17-5-3-9-23(17)19(24)15-6-7-18(20-14-15)22-10-12-25-13-11-22/h6-7,14,16-17H,2-5,8-13H2,1H3. The third-order valence-electron chi connectivity index (χ3n) is 5.91. The molecule has 4 heterocycles. The predicted octanol–water partition coefficient (Wildman–Crippen LogP) is 1.62. The van der Waals surface area contributed by atoms with Crippen molar-refractivity contribution in [2.45, 2.75) is 37.8 Å². The highest BCUT2D eigenvalue weighted by Gasteiger charge is 2.38. The molecule has 3 fully saturated rings. The summed E-state index contributed by atoms with van der Waals surface area (Å²) in [5, 5.41) is 0. The Morgan fingerprint density at radius 2 is 1.84 bits per heavy atom. The van der Waals surface area contributed by atoms with E-state index >= 15 is 0 Å². The Kier molecular flexibility index (Phi) is 4.90. The highest BCUT2D eigenvalue weighted by Crippen LogP contribution is 2.30. The third-order valence-corrected chi connectivity index (χ3v) is 5.91. The minimum absolute atomic E-state index is 0.142. The van der Waals surface area contributed by atoms with Crippen LogP contribution in [0.15, 0.2) is 18.3 Å². The molecule has 25 heavy (non-hydrogen) atoms. The second kappa shape index (κ2) is 7.30. The molecule has 0 bridgehead atoms. The maximum Gasteiger partial charge on any atom is 0.255 e. The first-order valence-electron chi connectivity index (χ1n) is 9.54. The monoisotopic (exact) mass is 344 g/mol. The number of likely N-dealkylation sites (N-methyl/N-ethyl adjacent to an activating group) is 1. The van der Waals surface area contributed by atoms with Crippen molar-refractivity contribution in [3.05, 3.63) is 23.9 Å². The van der Waals surface area contributed by atoms with Crippen LogP contribution in [0.3, 0.4) is 0 Å². The fourth-order valence-electron chi connectivity index (χ4n) is 4.52. The summed E-state index contributed by atoms with van der Waals surface area (Å²) in [6.07, 6.45) is 6.44. The van der Waals surface area contributed by atoms with E-state index in [9.17, 15) is 4.79 Å². The smallest absolute Gasteiger partial charge is 0.255 e. The molecule has 0 spiro atoms. The number of hydrogen-bond donors (Lipinski definition) is 0. The molecule has 3 aliphatic rings. The fourth-order valence-corrected chi connectivity index (χ4v) is 4.52. The fraction of sp³-hybridized carbons (Fsp3) is 0.684. The Bertz CT molecular complexity index is 600. The Morgan fingerprint density at radius 3 is 2.52 bits per heavy atom. The molecule has 1 amide bonds. The van der Waals surface area contributed by atoms with E-state index in [0.29, 0.717) is 17.6 Å². The lowest BCUT2D eigenvalue weighted by atomic mass is 10.0. The summed E-state index contributed by atoms with van der Waals surface area (Å²) >= 11 is 0. The number of anilines is 1. The Balaban J connectivity index is 1.46. The minimum Gasteiger partial charge on any atom is -0.378 e. The van der Waals surface area contributed by atoms with Crippen LogP contribution in [0, 0.1) is 0 Å². The first-order chi connectivity index (χ1) is 12.2. The molecule has 136 valence electrons. The van der Waals surface area contributed by atoms with E-state index in [1.807, 2.05) is 12.1 Å². The number of hydrogen-bond acceptors (Lipinski definition) is 5. The summed E-state index contributed by atoms with van der Waals surface area (Å²) in [6, 6.07) is 4.80. The summed E-state index contributed by atoms with van der Waals surface area (Å²) in [4.78, 5) is 24.3. The number of pyridine rings is 1. The van der Waals surface area contributed by atoms with Gasteiger partial charge in [0.25, 0.3) is 5.91 Å². The zero-order valence-corrected chi connectivity index (χ0v) is 15.1. The van der Waals surface area contributed by atoms with Crippen LogP contribution in [-0.2, 0) is 4.74 Å². The average molecular weight is 344 g/mol. The molecule has 3 aliphatic heterocycles. The number of morpholine rings is 1. The van der Waals surface area contributed by atoms with E-state index in [0.717, 1.165) is 58.1 Å². The molecule has 0 N–H and O–H groups in total. The number of aromatic nitrogens is 1. The van der Waals surface area contributed by atoms with Gasteiger partial charge in [-0.2, -0.15) is 0 Å². The van der Waals surface area contributed by atoms with Crippen molar-refractivity contribution in [2.24, 2.45) is 0 Å². The van der Waals surface area contributed by atoms with Crippen LogP contribution in [-0.4, -0.2) is 79.2 Å². The molecule has 2 unspecified atom stereocenters. The number of likely N-dealkylation sites (tertiary alicyclic amines) is 2. The van der Waals surface area contributed by atoms with Gasteiger partial charge in [0.15, 0.2) is 0 Å². The van der Waals surface area contributed by atoms with Crippen LogP contribution in [0.4, 0.5) is 5.82 Å². The van der Waals surface area contributed by atoms with E-state index < -0.39 is 0 Å². The van der Waals surface area contributed by atoms with Crippen molar-refractivity contribution in [3.8, 4) is 0 Å². The van der Waals surface area contributed by atoms with Crippen LogP contribution in [0.5, 0.6) is 0 Å². The van der Waals surface area contributed by atoms with Crippen molar-refractivity contribution in [1.82, 2.24) is 14.8 Å². The number of carbonyl (C=O) groups is 1. The Labute approximate surface area is 149 Å². The van der Waals surface area contributed by atoms with Crippen LogP contribution in [0.1, 0.15) is 36.0 Å². The van der Waals surface area contributed by atoms with E-state index in [1.54, 1.807) is 6.20 Å². The molecule has 2 atom stereocenters. The Hall–Kier alpha value is -1.66. The van der Waals surface area contributed by atoms with Gasteiger partial charge in [0, 0.05) is 37.9 Å². The minimum atomic E-state index is 0.142. The molecule has 0 aliphatic carbocycles. The molecule has 0 saturated carbocycles. The highest BCUT2D eigenvalue weighted by molar-refractivity contribution is 5.94. The van der Waals surface area contributed by atoms with Crippen molar-refractivity contribution < 1.29 is 9.53 Å². The molecular formula is C19H28N4O2. The summed E-state index contributed by atoms with van der Waals surface area (Å²) in [5.41, 5.74) is 0.713. The molecule has 1 aromatic rings. The lowest BCUT2D eigenvalue weighted by Gasteiger charge is -2.33.